The molecular weight excluding hydrogens is 510 g/mol. The normalized spacial score (nSPS) is 15.4. The van der Waals surface area contributed by atoms with Gasteiger partial charge >= 0.3 is 0 Å². The van der Waals surface area contributed by atoms with E-state index in [1.54, 1.807) is 0 Å². The minimum Gasteiger partial charge on any atom is -0.310 e. The molecular formula is C39H33N3. The Morgan fingerprint density at radius 3 is 1.90 bits per heavy atom. The first-order valence-corrected chi connectivity index (χ1v) is 14.6. The van der Waals surface area contributed by atoms with Crippen LogP contribution in [0.5, 0.6) is 0 Å². The Morgan fingerprint density at radius 1 is 0.762 bits per heavy atom. The topological polar surface area (TPSA) is 50.8 Å². The molecule has 0 aliphatic heterocycles. The van der Waals surface area contributed by atoms with Gasteiger partial charge in [-0.2, -0.15) is 10.5 Å². The van der Waals surface area contributed by atoms with E-state index in [9.17, 15) is 10.5 Å². The molecule has 4 aromatic carbocycles. The molecule has 0 aromatic heterocycles. The lowest BCUT2D eigenvalue weighted by atomic mass is 9.73. The summed E-state index contributed by atoms with van der Waals surface area (Å²) < 4.78 is 0. The van der Waals surface area contributed by atoms with Crippen molar-refractivity contribution in [1.29, 1.82) is 10.5 Å². The quantitative estimate of drug-likeness (QED) is 0.227. The number of para-hydroxylation sites is 2. The van der Waals surface area contributed by atoms with Crippen LogP contribution in [0, 0.1) is 22.7 Å². The van der Waals surface area contributed by atoms with Crippen molar-refractivity contribution in [1.82, 2.24) is 0 Å². The van der Waals surface area contributed by atoms with E-state index in [2.05, 4.69) is 129 Å². The van der Waals surface area contributed by atoms with Crippen LogP contribution in [0.1, 0.15) is 56.7 Å². The van der Waals surface area contributed by atoms with E-state index in [1.165, 1.54) is 22.3 Å². The highest BCUT2D eigenvalue weighted by Crippen LogP contribution is 2.54. The van der Waals surface area contributed by atoms with Crippen molar-refractivity contribution < 1.29 is 0 Å². The highest BCUT2D eigenvalue weighted by atomic mass is 15.1. The molecule has 0 spiro atoms. The Hall–Kier alpha value is -5.12. The van der Waals surface area contributed by atoms with Gasteiger partial charge < -0.3 is 4.90 Å². The third-order valence-corrected chi connectivity index (χ3v) is 9.03. The van der Waals surface area contributed by atoms with Crippen molar-refractivity contribution in [3.05, 3.63) is 142 Å². The molecule has 3 heteroatoms. The van der Waals surface area contributed by atoms with Crippen LogP contribution in [0.2, 0.25) is 0 Å². The fourth-order valence-electron chi connectivity index (χ4n) is 6.79. The van der Waals surface area contributed by atoms with Crippen LogP contribution in [0.15, 0.2) is 125 Å². The lowest BCUT2D eigenvalue weighted by Crippen LogP contribution is -2.23. The molecule has 0 fully saturated rings. The van der Waals surface area contributed by atoms with Gasteiger partial charge in [-0.05, 0) is 107 Å². The van der Waals surface area contributed by atoms with E-state index in [0.717, 1.165) is 52.2 Å². The summed E-state index contributed by atoms with van der Waals surface area (Å²) in [6, 6.07) is 39.1. The summed E-state index contributed by atoms with van der Waals surface area (Å²) in [7, 11) is 0. The second kappa shape index (κ2) is 11.0. The van der Waals surface area contributed by atoms with Crippen LogP contribution >= 0.6 is 0 Å². The summed E-state index contributed by atoms with van der Waals surface area (Å²) in [5.74, 6) is 0. The van der Waals surface area contributed by atoms with Crippen LogP contribution < -0.4 is 4.90 Å². The van der Waals surface area contributed by atoms with Crippen LogP contribution in [-0.2, 0) is 5.41 Å². The zero-order valence-electron chi connectivity index (χ0n) is 24.4. The van der Waals surface area contributed by atoms with Crippen molar-refractivity contribution in [2.75, 3.05) is 4.90 Å². The predicted octanol–water partition coefficient (Wildman–Crippen LogP) is 10.3. The summed E-state index contributed by atoms with van der Waals surface area (Å²) in [6.45, 7) is 6.67. The number of fused-ring (bicyclic) bond motifs is 3. The van der Waals surface area contributed by atoms with Gasteiger partial charge in [0.1, 0.15) is 17.7 Å². The molecule has 0 saturated heterocycles. The number of anilines is 3. The number of allylic oxidation sites excluding steroid dienone is 5. The number of nitrogens with zero attached hydrogens (tertiary/aromatic N) is 3. The van der Waals surface area contributed by atoms with Gasteiger partial charge in [-0.25, -0.2) is 0 Å². The summed E-state index contributed by atoms with van der Waals surface area (Å²) in [4.78, 5) is 2.34. The highest BCUT2D eigenvalue weighted by Gasteiger charge is 2.41. The summed E-state index contributed by atoms with van der Waals surface area (Å²) in [5.41, 5.74) is 13.2. The zero-order chi connectivity index (χ0) is 29.3. The minimum atomic E-state index is -0.0886. The predicted molar refractivity (Wildman–Crippen MR) is 173 cm³/mol. The highest BCUT2D eigenvalue weighted by molar-refractivity contribution is 5.86. The van der Waals surface area contributed by atoms with Crippen LogP contribution in [0.25, 0.3) is 17.2 Å². The van der Waals surface area contributed by atoms with Crippen molar-refractivity contribution >= 4 is 23.1 Å². The first-order chi connectivity index (χ1) is 20.5. The maximum Gasteiger partial charge on any atom is 0.133 e. The van der Waals surface area contributed by atoms with Crippen LogP contribution in [0.4, 0.5) is 17.1 Å². The van der Waals surface area contributed by atoms with Gasteiger partial charge in [0.05, 0.1) is 0 Å². The van der Waals surface area contributed by atoms with Gasteiger partial charge in [-0.15, -0.1) is 0 Å². The molecule has 6 rings (SSSR count). The smallest absolute Gasteiger partial charge is 0.133 e. The summed E-state index contributed by atoms with van der Waals surface area (Å²) in [5, 5.41) is 18.7. The average molecular weight is 544 g/mol. The van der Waals surface area contributed by atoms with Gasteiger partial charge in [0.15, 0.2) is 0 Å². The molecule has 0 unspecified atom stereocenters. The van der Waals surface area contributed by atoms with Crippen LogP contribution in [0.3, 0.4) is 0 Å². The molecule has 3 nitrogen and oxygen atoms in total. The Labute approximate surface area is 249 Å². The van der Waals surface area contributed by atoms with Crippen molar-refractivity contribution in [3.8, 4) is 23.3 Å². The fourth-order valence-corrected chi connectivity index (χ4v) is 6.79. The number of hydrogen-bond donors (Lipinski definition) is 0. The number of nitriles is 2. The van der Waals surface area contributed by atoms with E-state index in [0.29, 0.717) is 6.42 Å². The second-order valence-electron chi connectivity index (χ2n) is 11.1. The second-order valence-corrected chi connectivity index (χ2v) is 11.1. The monoisotopic (exact) mass is 543 g/mol. The molecule has 42 heavy (non-hydrogen) atoms. The van der Waals surface area contributed by atoms with Gasteiger partial charge in [0.25, 0.3) is 0 Å². The van der Waals surface area contributed by atoms with Crippen molar-refractivity contribution in [2.45, 2.75) is 45.4 Å². The standard InChI is InChI=1S/C39H33N3/c1-4-39(5-2)37-22-28(21-29-23-30(20-27(29)3)31(25-40)26-41)16-18-35(37)36-19-17-34(24-38(36)39)42(32-12-8-6-9-13-32)33-14-10-7-11-15-33/h6-22,24H,4-5,23H2,1-3H3/b29-21-. The van der Waals surface area contributed by atoms with Gasteiger partial charge in [-0.3, -0.25) is 0 Å². The molecule has 204 valence electrons. The van der Waals surface area contributed by atoms with Gasteiger partial charge in [0.2, 0.25) is 0 Å². The first-order valence-electron chi connectivity index (χ1n) is 14.6. The average Bonchev–Trinajstić information content (AvgIpc) is 3.52. The molecule has 2 aliphatic carbocycles. The van der Waals surface area contributed by atoms with Crippen molar-refractivity contribution in [2.24, 2.45) is 0 Å². The van der Waals surface area contributed by atoms with E-state index in [1.807, 2.05) is 18.2 Å². The SMILES string of the molecule is CCC1(CC)c2cc(/C=C3/CC(=C(C#N)C#N)C=C3C)ccc2-c2ccc(N(c3ccccc3)c3ccccc3)cc21. The van der Waals surface area contributed by atoms with Crippen LogP contribution in [-0.4, -0.2) is 0 Å². The molecule has 0 radical (unpaired) electrons. The lowest BCUT2D eigenvalue weighted by molar-refractivity contribution is 0.490. The number of rotatable bonds is 6. The Balaban J connectivity index is 1.45. The Bertz CT molecular complexity index is 1780. The molecule has 4 aromatic rings. The molecule has 0 heterocycles. The zero-order valence-corrected chi connectivity index (χ0v) is 24.4. The number of benzene rings is 4. The molecule has 0 N–H and O–H groups in total. The third kappa shape index (κ3) is 4.45. The first kappa shape index (κ1) is 27.1. The van der Waals surface area contributed by atoms with E-state index in [-0.39, 0.29) is 11.0 Å². The van der Waals surface area contributed by atoms with E-state index >= 15 is 0 Å². The number of hydrogen-bond acceptors (Lipinski definition) is 3. The largest absolute Gasteiger partial charge is 0.310 e. The molecule has 0 amide bonds. The molecule has 0 saturated carbocycles. The Morgan fingerprint density at radius 2 is 1.33 bits per heavy atom. The van der Waals surface area contributed by atoms with E-state index in [4.69, 9.17) is 0 Å². The van der Waals surface area contributed by atoms with Crippen molar-refractivity contribution in [3.63, 3.8) is 0 Å². The third-order valence-electron chi connectivity index (χ3n) is 9.03. The molecule has 2 aliphatic rings. The maximum absolute atomic E-state index is 9.35. The maximum atomic E-state index is 9.35. The molecule has 0 atom stereocenters. The summed E-state index contributed by atoms with van der Waals surface area (Å²) in [6.07, 6.45) is 6.82. The fraction of sp³-hybridized carbons (Fsp3) is 0.179. The molecule has 0 bridgehead atoms. The minimum absolute atomic E-state index is 0.0886. The Kier molecular flexibility index (Phi) is 7.12. The van der Waals surface area contributed by atoms with Gasteiger partial charge in [-0.1, -0.05) is 86.7 Å². The van der Waals surface area contributed by atoms with E-state index < -0.39 is 0 Å². The summed E-state index contributed by atoms with van der Waals surface area (Å²) >= 11 is 0. The lowest BCUT2D eigenvalue weighted by Gasteiger charge is -2.32. The van der Waals surface area contributed by atoms with Gasteiger partial charge in [0, 0.05) is 22.5 Å².